The Hall–Kier alpha value is -1.16. The van der Waals surface area contributed by atoms with Crippen LogP contribution in [0, 0.1) is 11.6 Å². The number of hydrogen-bond donors (Lipinski definition) is 1. The van der Waals surface area contributed by atoms with Gasteiger partial charge in [-0.2, -0.15) is 4.39 Å². The van der Waals surface area contributed by atoms with Crippen molar-refractivity contribution in [1.82, 2.24) is 5.32 Å². The maximum Gasteiger partial charge on any atom is 0.200 e. The van der Waals surface area contributed by atoms with Gasteiger partial charge in [0.05, 0.1) is 7.11 Å². The van der Waals surface area contributed by atoms with Crippen LogP contribution < -0.4 is 10.1 Å². The van der Waals surface area contributed by atoms with E-state index in [0.29, 0.717) is 12.1 Å². The molecule has 0 aromatic heterocycles. The van der Waals surface area contributed by atoms with Crippen LogP contribution in [0.1, 0.15) is 5.56 Å². The number of ether oxygens (including phenoxy) is 1. The van der Waals surface area contributed by atoms with Crippen LogP contribution in [0.4, 0.5) is 8.78 Å². The van der Waals surface area contributed by atoms with Gasteiger partial charge in [-0.05, 0) is 13.1 Å². The molecule has 72 valence electrons. The maximum absolute atomic E-state index is 13.1. The minimum absolute atomic E-state index is 0.0330. The van der Waals surface area contributed by atoms with Crippen LogP contribution in [0.5, 0.6) is 5.75 Å². The number of nitrogens with one attached hydrogen (secondary N) is 1. The molecule has 0 saturated carbocycles. The molecule has 13 heavy (non-hydrogen) atoms. The Bertz CT molecular complexity index is 302. The van der Waals surface area contributed by atoms with Gasteiger partial charge in [-0.25, -0.2) is 4.39 Å². The van der Waals surface area contributed by atoms with Crippen molar-refractivity contribution in [3.05, 3.63) is 29.3 Å². The first-order valence-corrected chi connectivity index (χ1v) is 3.86. The van der Waals surface area contributed by atoms with Crippen LogP contribution in [-0.2, 0) is 6.54 Å². The van der Waals surface area contributed by atoms with Gasteiger partial charge in [0, 0.05) is 12.1 Å². The van der Waals surface area contributed by atoms with Crippen molar-refractivity contribution in [2.75, 3.05) is 14.2 Å². The smallest absolute Gasteiger partial charge is 0.200 e. The van der Waals surface area contributed by atoms with Gasteiger partial charge in [-0.3, -0.25) is 0 Å². The van der Waals surface area contributed by atoms with E-state index in [-0.39, 0.29) is 5.75 Å². The first-order chi connectivity index (χ1) is 6.20. The van der Waals surface area contributed by atoms with Crippen LogP contribution in [-0.4, -0.2) is 14.2 Å². The van der Waals surface area contributed by atoms with Gasteiger partial charge in [-0.15, -0.1) is 0 Å². The molecule has 0 amide bonds. The average Bonchev–Trinajstić information content (AvgIpc) is 2.12. The van der Waals surface area contributed by atoms with Gasteiger partial charge in [0.2, 0.25) is 5.82 Å². The minimum Gasteiger partial charge on any atom is -0.493 e. The lowest BCUT2D eigenvalue weighted by Crippen LogP contribution is -2.08. The summed E-state index contributed by atoms with van der Waals surface area (Å²) in [4.78, 5) is 0. The number of halogens is 2. The van der Waals surface area contributed by atoms with Gasteiger partial charge >= 0.3 is 0 Å². The van der Waals surface area contributed by atoms with E-state index < -0.39 is 11.6 Å². The number of rotatable bonds is 3. The molecule has 1 rings (SSSR count). The Morgan fingerprint density at radius 3 is 2.62 bits per heavy atom. The molecule has 0 saturated heterocycles. The lowest BCUT2D eigenvalue weighted by molar-refractivity contribution is 0.366. The van der Waals surface area contributed by atoms with Crippen molar-refractivity contribution in [2.45, 2.75) is 6.54 Å². The van der Waals surface area contributed by atoms with Crippen LogP contribution in [0.25, 0.3) is 0 Å². The predicted molar refractivity (Wildman–Crippen MR) is 45.7 cm³/mol. The van der Waals surface area contributed by atoms with Gasteiger partial charge < -0.3 is 10.1 Å². The van der Waals surface area contributed by atoms with E-state index in [4.69, 9.17) is 4.74 Å². The molecule has 0 aliphatic rings. The summed E-state index contributed by atoms with van der Waals surface area (Å²) >= 11 is 0. The number of benzene rings is 1. The summed E-state index contributed by atoms with van der Waals surface area (Å²) in [5, 5.41) is 2.84. The summed E-state index contributed by atoms with van der Waals surface area (Å²) in [7, 11) is 3.04. The average molecular weight is 187 g/mol. The van der Waals surface area contributed by atoms with E-state index in [9.17, 15) is 8.78 Å². The van der Waals surface area contributed by atoms with Gasteiger partial charge in [0.15, 0.2) is 11.6 Å². The molecule has 0 unspecified atom stereocenters. The molecule has 0 atom stereocenters. The Morgan fingerprint density at radius 2 is 2.08 bits per heavy atom. The standard InChI is InChI=1S/C9H11F2NO/c1-12-5-6-3-4-7(10)8(11)9(6)13-2/h3-4,12H,5H2,1-2H3. The SMILES string of the molecule is CNCc1ccc(F)c(F)c1OC. The third-order valence-electron chi connectivity index (χ3n) is 1.70. The second kappa shape index (κ2) is 4.18. The van der Waals surface area contributed by atoms with E-state index in [0.717, 1.165) is 6.07 Å². The van der Waals surface area contributed by atoms with Crippen molar-refractivity contribution >= 4 is 0 Å². The molecule has 1 aromatic rings. The molecule has 0 bridgehead atoms. The molecule has 1 aromatic carbocycles. The largest absolute Gasteiger partial charge is 0.493 e. The molecule has 4 heteroatoms. The van der Waals surface area contributed by atoms with Gasteiger partial charge in [0.25, 0.3) is 0 Å². The molecule has 0 fully saturated rings. The Labute approximate surface area is 75.5 Å². The highest BCUT2D eigenvalue weighted by Gasteiger charge is 2.12. The van der Waals surface area contributed by atoms with Crippen molar-refractivity contribution < 1.29 is 13.5 Å². The van der Waals surface area contributed by atoms with Crippen LogP contribution in [0.2, 0.25) is 0 Å². The Kier molecular flexibility index (Phi) is 3.19. The van der Waals surface area contributed by atoms with Crippen LogP contribution in [0.3, 0.4) is 0 Å². The van der Waals surface area contributed by atoms with E-state index in [2.05, 4.69) is 5.32 Å². The summed E-state index contributed by atoms with van der Waals surface area (Å²) in [6.45, 7) is 0.445. The molecule has 0 aliphatic heterocycles. The fraction of sp³-hybridized carbons (Fsp3) is 0.333. The number of methoxy groups -OCH3 is 1. The third-order valence-corrected chi connectivity index (χ3v) is 1.70. The van der Waals surface area contributed by atoms with E-state index >= 15 is 0 Å². The topological polar surface area (TPSA) is 21.3 Å². The quantitative estimate of drug-likeness (QED) is 0.777. The minimum atomic E-state index is -0.935. The van der Waals surface area contributed by atoms with E-state index in [1.807, 2.05) is 0 Å². The molecule has 0 aliphatic carbocycles. The second-order valence-corrected chi connectivity index (χ2v) is 2.58. The lowest BCUT2D eigenvalue weighted by atomic mass is 10.2. The Morgan fingerprint density at radius 1 is 1.38 bits per heavy atom. The molecular weight excluding hydrogens is 176 g/mol. The molecule has 0 radical (unpaired) electrons. The normalized spacial score (nSPS) is 10.2. The van der Waals surface area contributed by atoms with Crippen LogP contribution >= 0.6 is 0 Å². The maximum atomic E-state index is 13.1. The molecule has 2 nitrogen and oxygen atoms in total. The van der Waals surface area contributed by atoms with Crippen molar-refractivity contribution in [2.24, 2.45) is 0 Å². The zero-order valence-electron chi connectivity index (χ0n) is 7.53. The zero-order valence-corrected chi connectivity index (χ0v) is 7.53. The van der Waals surface area contributed by atoms with E-state index in [1.165, 1.54) is 13.2 Å². The molecule has 0 spiro atoms. The predicted octanol–water partition coefficient (Wildman–Crippen LogP) is 1.69. The van der Waals surface area contributed by atoms with Crippen molar-refractivity contribution in [1.29, 1.82) is 0 Å². The van der Waals surface area contributed by atoms with E-state index in [1.54, 1.807) is 7.05 Å². The first kappa shape index (κ1) is 9.92. The summed E-state index contributed by atoms with van der Waals surface area (Å²) in [6, 6.07) is 2.58. The highest BCUT2D eigenvalue weighted by Crippen LogP contribution is 2.24. The fourth-order valence-electron chi connectivity index (χ4n) is 1.12. The fourth-order valence-corrected chi connectivity index (χ4v) is 1.12. The summed E-state index contributed by atoms with van der Waals surface area (Å²) < 4.78 is 30.5. The summed E-state index contributed by atoms with van der Waals surface area (Å²) in [6.07, 6.45) is 0. The lowest BCUT2D eigenvalue weighted by Gasteiger charge is -2.08. The highest BCUT2D eigenvalue weighted by molar-refractivity contribution is 5.35. The monoisotopic (exact) mass is 187 g/mol. The first-order valence-electron chi connectivity index (χ1n) is 3.86. The Balaban J connectivity index is 3.13. The van der Waals surface area contributed by atoms with Gasteiger partial charge in [0.1, 0.15) is 0 Å². The summed E-state index contributed by atoms with van der Waals surface area (Å²) in [5.41, 5.74) is 0.601. The molecular formula is C9H11F2NO. The molecule has 1 N–H and O–H groups in total. The third kappa shape index (κ3) is 1.95. The number of hydrogen-bond acceptors (Lipinski definition) is 2. The van der Waals surface area contributed by atoms with Crippen molar-refractivity contribution in [3.63, 3.8) is 0 Å². The zero-order chi connectivity index (χ0) is 9.84. The second-order valence-electron chi connectivity index (χ2n) is 2.58. The summed E-state index contributed by atoms with van der Waals surface area (Å²) in [5.74, 6) is -1.86. The molecule has 0 heterocycles. The van der Waals surface area contributed by atoms with Crippen molar-refractivity contribution in [3.8, 4) is 5.75 Å². The van der Waals surface area contributed by atoms with Gasteiger partial charge in [-0.1, -0.05) is 6.07 Å². The van der Waals surface area contributed by atoms with Crippen LogP contribution in [0.15, 0.2) is 12.1 Å². The highest BCUT2D eigenvalue weighted by atomic mass is 19.2.